The number of aromatic nitrogens is 1. The van der Waals surface area contributed by atoms with Crippen LogP contribution in [0.25, 0.3) is 0 Å². The predicted octanol–water partition coefficient (Wildman–Crippen LogP) is 3.57. The summed E-state index contributed by atoms with van der Waals surface area (Å²) in [7, 11) is 1.76. The van der Waals surface area contributed by atoms with Gasteiger partial charge in [0.15, 0.2) is 0 Å². The van der Waals surface area contributed by atoms with E-state index >= 15 is 0 Å². The monoisotopic (exact) mass is 327 g/mol. The van der Waals surface area contributed by atoms with Crippen molar-refractivity contribution in [2.75, 3.05) is 25.2 Å². The zero-order valence-electron chi connectivity index (χ0n) is 12.5. The largest absolute Gasteiger partial charge is 0.373 e. The second-order valence-electron chi connectivity index (χ2n) is 5.44. The molecule has 1 aliphatic carbocycles. The normalized spacial score (nSPS) is 17.3. The number of carbonyl (C=O) groups excluding carboxylic acids is 1. The Morgan fingerprint density at radius 3 is 2.71 bits per heavy atom. The van der Waals surface area contributed by atoms with Gasteiger partial charge in [-0.25, -0.2) is 4.98 Å². The lowest BCUT2D eigenvalue weighted by Gasteiger charge is -2.35. The fourth-order valence-corrected chi connectivity index (χ4v) is 3.87. The van der Waals surface area contributed by atoms with Gasteiger partial charge < -0.3 is 10.6 Å². The van der Waals surface area contributed by atoms with Crippen molar-refractivity contribution in [2.45, 2.75) is 36.9 Å². The molecule has 0 radical (unpaired) electrons. The Morgan fingerprint density at radius 1 is 1.38 bits per heavy atom. The molecule has 6 heteroatoms. The maximum absolute atomic E-state index is 12.3. The van der Waals surface area contributed by atoms with E-state index in [1.165, 1.54) is 32.1 Å². The third kappa shape index (κ3) is 4.27. The van der Waals surface area contributed by atoms with Gasteiger partial charge in [-0.1, -0.05) is 30.9 Å². The number of hydrogen-bond donors (Lipinski definition) is 2. The van der Waals surface area contributed by atoms with E-state index in [-0.39, 0.29) is 10.7 Å². The summed E-state index contributed by atoms with van der Waals surface area (Å²) in [5.74, 6) is 0.514. The first-order valence-corrected chi connectivity index (χ1v) is 8.87. The van der Waals surface area contributed by atoms with Crippen molar-refractivity contribution in [3.63, 3.8) is 0 Å². The smallest absolute Gasteiger partial charge is 0.251 e. The van der Waals surface area contributed by atoms with Crippen molar-refractivity contribution in [3.8, 4) is 0 Å². The third-order valence-electron chi connectivity index (χ3n) is 4.08. The van der Waals surface area contributed by atoms with E-state index in [0.29, 0.717) is 23.1 Å². The first kappa shape index (κ1) is 16.4. The molecule has 0 aliphatic heterocycles. The molecule has 1 aromatic heterocycles. The van der Waals surface area contributed by atoms with Crippen molar-refractivity contribution in [1.82, 2.24) is 10.3 Å². The fourth-order valence-electron chi connectivity index (χ4n) is 2.75. The van der Waals surface area contributed by atoms with E-state index in [4.69, 9.17) is 11.6 Å². The molecule has 0 saturated heterocycles. The predicted molar refractivity (Wildman–Crippen MR) is 90.5 cm³/mol. The van der Waals surface area contributed by atoms with Gasteiger partial charge in [0.1, 0.15) is 11.0 Å². The number of halogens is 1. The molecule has 1 aliphatic rings. The molecule has 4 nitrogen and oxygen atoms in total. The highest BCUT2D eigenvalue weighted by Gasteiger charge is 2.31. The summed E-state index contributed by atoms with van der Waals surface area (Å²) in [5, 5.41) is 6.30. The second-order valence-corrected chi connectivity index (χ2v) is 7.11. The van der Waals surface area contributed by atoms with Gasteiger partial charge in [0.05, 0.1) is 0 Å². The molecule has 2 rings (SSSR count). The average Bonchev–Trinajstić information content (AvgIpc) is 2.52. The lowest BCUT2D eigenvalue weighted by molar-refractivity contribution is 0.0947. The topological polar surface area (TPSA) is 54.0 Å². The number of pyridine rings is 1. The minimum atomic E-state index is -0.0881. The molecule has 21 heavy (non-hydrogen) atoms. The Bertz CT molecular complexity index is 504. The summed E-state index contributed by atoms with van der Waals surface area (Å²) in [5.41, 5.74) is 0.548. The number of anilines is 1. The van der Waals surface area contributed by atoms with Crippen LogP contribution in [-0.2, 0) is 0 Å². The van der Waals surface area contributed by atoms with Gasteiger partial charge in [-0.2, -0.15) is 11.8 Å². The van der Waals surface area contributed by atoms with Gasteiger partial charge >= 0.3 is 0 Å². The molecule has 1 saturated carbocycles. The maximum atomic E-state index is 12.3. The van der Waals surface area contributed by atoms with Gasteiger partial charge in [0.2, 0.25) is 0 Å². The molecule has 1 aromatic rings. The van der Waals surface area contributed by atoms with E-state index in [1.807, 2.05) is 11.8 Å². The van der Waals surface area contributed by atoms with Crippen LogP contribution < -0.4 is 10.6 Å². The summed E-state index contributed by atoms with van der Waals surface area (Å²) in [6.45, 7) is 0.710. The standard InChI is InChI=1S/C15H22ClN3OS/c1-17-13-9-11(8-12(16)19-13)14(20)18-10-15(21-2)6-4-3-5-7-15/h8-9H,3-7,10H2,1-2H3,(H,17,19)(H,18,20). The molecule has 0 atom stereocenters. The minimum Gasteiger partial charge on any atom is -0.373 e. The molecule has 1 amide bonds. The maximum Gasteiger partial charge on any atom is 0.251 e. The van der Waals surface area contributed by atoms with Crippen molar-refractivity contribution in [3.05, 3.63) is 22.8 Å². The average molecular weight is 328 g/mol. The van der Waals surface area contributed by atoms with E-state index in [9.17, 15) is 4.79 Å². The molecule has 0 aromatic carbocycles. The Balaban J connectivity index is 2.02. The second kappa shape index (κ2) is 7.36. The highest BCUT2D eigenvalue weighted by molar-refractivity contribution is 8.00. The van der Waals surface area contributed by atoms with Crippen LogP contribution in [0.5, 0.6) is 0 Å². The molecule has 116 valence electrons. The number of nitrogens with zero attached hydrogens (tertiary/aromatic N) is 1. The summed E-state index contributed by atoms with van der Waals surface area (Å²) >= 11 is 7.82. The first-order valence-electron chi connectivity index (χ1n) is 7.27. The van der Waals surface area contributed by atoms with Gasteiger partial charge in [0, 0.05) is 23.9 Å². The van der Waals surface area contributed by atoms with E-state index in [0.717, 1.165) is 0 Å². The molecular formula is C15H22ClN3OS. The van der Waals surface area contributed by atoms with Gasteiger partial charge in [-0.3, -0.25) is 4.79 Å². The minimum absolute atomic E-state index is 0.0881. The van der Waals surface area contributed by atoms with Crippen molar-refractivity contribution < 1.29 is 4.79 Å². The number of carbonyl (C=O) groups is 1. The lowest BCUT2D eigenvalue weighted by atomic mass is 9.88. The molecular weight excluding hydrogens is 306 g/mol. The molecule has 0 spiro atoms. The van der Waals surface area contributed by atoms with Crippen LogP contribution in [0.3, 0.4) is 0 Å². The zero-order valence-corrected chi connectivity index (χ0v) is 14.1. The van der Waals surface area contributed by atoms with Crippen molar-refractivity contribution in [1.29, 1.82) is 0 Å². The lowest BCUT2D eigenvalue weighted by Crippen LogP contribution is -2.41. The number of amides is 1. The van der Waals surface area contributed by atoms with Crippen LogP contribution >= 0.6 is 23.4 Å². The Morgan fingerprint density at radius 2 is 2.10 bits per heavy atom. The highest BCUT2D eigenvalue weighted by atomic mass is 35.5. The van der Waals surface area contributed by atoms with Gasteiger partial charge in [-0.15, -0.1) is 0 Å². The third-order valence-corrected chi connectivity index (χ3v) is 5.69. The van der Waals surface area contributed by atoms with Gasteiger partial charge in [-0.05, 0) is 31.2 Å². The van der Waals surface area contributed by atoms with Crippen molar-refractivity contribution in [2.24, 2.45) is 0 Å². The van der Waals surface area contributed by atoms with Crippen LogP contribution in [0.1, 0.15) is 42.5 Å². The quantitative estimate of drug-likeness (QED) is 0.812. The van der Waals surface area contributed by atoms with Crippen LogP contribution in [0.15, 0.2) is 12.1 Å². The number of hydrogen-bond acceptors (Lipinski definition) is 4. The van der Waals surface area contributed by atoms with Crippen LogP contribution in [0.4, 0.5) is 5.82 Å². The van der Waals surface area contributed by atoms with Gasteiger partial charge in [0.25, 0.3) is 5.91 Å². The van der Waals surface area contributed by atoms with Crippen LogP contribution in [0, 0.1) is 0 Å². The van der Waals surface area contributed by atoms with E-state index in [2.05, 4.69) is 21.9 Å². The Kier molecular flexibility index (Phi) is 5.76. The number of nitrogens with one attached hydrogen (secondary N) is 2. The molecule has 1 heterocycles. The molecule has 0 bridgehead atoms. The summed E-state index contributed by atoms with van der Waals surface area (Å²) in [6.07, 6.45) is 8.30. The van der Waals surface area contributed by atoms with E-state index in [1.54, 1.807) is 19.2 Å². The summed E-state index contributed by atoms with van der Waals surface area (Å²) in [4.78, 5) is 16.4. The molecule has 2 N–H and O–H groups in total. The number of thioether (sulfide) groups is 1. The molecule has 1 fully saturated rings. The van der Waals surface area contributed by atoms with Crippen LogP contribution in [-0.4, -0.2) is 35.5 Å². The zero-order chi connectivity index (χ0) is 15.3. The van der Waals surface area contributed by atoms with Crippen LogP contribution in [0.2, 0.25) is 5.15 Å². The first-order chi connectivity index (χ1) is 10.1. The summed E-state index contributed by atoms with van der Waals surface area (Å²) < 4.78 is 0.191. The summed E-state index contributed by atoms with van der Waals surface area (Å²) in [6, 6.07) is 3.32. The molecule has 0 unspecified atom stereocenters. The SMILES string of the molecule is CNc1cc(C(=O)NCC2(SC)CCCCC2)cc(Cl)n1. The van der Waals surface area contributed by atoms with E-state index < -0.39 is 0 Å². The number of rotatable bonds is 5. The highest BCUT2D eigenvalue weighted by Crippen LogP contribution is 2.38. The fraction of sp³-hybridized carbons (Fsp3) is 0.600. The Labute approximate surface area is 135 Å². The van der Waals surface area contributed by atoms with Crippen molar-refractivity contribution >= 4 is 35.1 Å². The Hall–Kier alpha value is -0.940.